The number of hydrogen-bond donors (Lipinski definition) is 0. The third kappa shape index (κ3) is 2.10. The molecule has 1 aromatic heterocycles. The quantitative estimate of drug-likeness (QED) is 0.624. The summed E-state index contributed by atoms with van der Waals surface area (Å²) in [6.07, 6.45) is -4.98. The molecule has 86 valence electrons. The summed E-state index contributed by atoms with van der Waals surface area (Å²) in [5.41, 5.74) is -2.87. The highest BCUT2D eigenvalue weighted by Gasteiger charge is 2.41. The number of nitrogens with zero attached hydrogens (tertiary/aromatic N) is 2. The van der Waals surface area contributed by atoms with E-state index in [2.05, 4.69) is 5.10 Å². The molecule has 2 nitrogen and oxygen atoms in total. The van der Waals surface area contributed by atoms with Crippen LogP contribution in [0.5, 0.6) is 0 Å². The fourth-order valence-electron chi connectivity index (χ4n) is 1.00. The molecule has 0 aromatic carbocycles. The molecule has 0 unspecified atom stereocenters. The molecule has 1 rings (SSSR count). The van der Waals surface area contributed by atoms with Crippen LogP contribution in [0.15, 0.2) is 0 Å². The van der Waals surface area contributed by atoms with Gasteiger partial charge >= 0.3 is 6.18 Å². The molecular formula is C8H9F5N2. The molecule has 0 aliphatic heterocycles. The molecule has 0 fully saturated rings. The second kappa shape index (κ2) is 3.18. The second-order valence-corrected chi connectivity index (χ2v) is 4.03. The van der Waals surface area contributed by atoms with E-state index in [-0.39, 0.29) is 0 Å². The van der Waals surface area contributed by atoms with Crippen molar-refractivity contribution in [3.8, 4) is 0 Å². The lowest BCUT2D eigenvalue weighted by Crippen LogP contribution is -2.25. The Kier molecular flexibility index (Phi) is 2.53. The lowest BCUT2D eigenvalue weighted by molar-refractivity contribution is -0.144. The van der Waals surface area contributed by atoms with Gasteiger partial charge in [0, 0.05) is 0 Å². The highest BCUT2D eigenvalue weighted by atomic mass is 19.4. The van der Waals surface area contributed by atoms with Gasteiger partial charge in [-0.15, -0.1) is 0 Å². The molecular weight excluding hydrogens is 219 g/mol. The van der Waals surface area contributed by atoms with Crippen LogP contribution in [0.3, 0.4) is 0 Å². The summed E-state index contributed by atoms with van der Waals surface area (Å²) in [4.78, 5) is 0. The monoisotopic (exact) mass is 228 g/mol. The first-order valence-electron chi connectivity index (χ1n) is 4.07. The first-order chi connectivity index (χ1) is 6.55. The summed E-state index contributed by atoms with van der Waals surface area (Å²) >= 11 is 0. The van der Waals surface area contributed by atoms with Gasteiger partial charge in [-0.05, 0) is 20.8 Å². The molecule has 0 atom stereocenters. The maximum Gasteiger partial charge on any atom is 0.438 e. The average molecular weight is 228 g/mol. The first-order valence-corrected chi connectivity index (χ1v) is 4.07. The summed E-state index contributed by atoms with van der Waals surface area (Å²) in [6, 6.07) is 0. The van der Waals surface area contributed by atoms with Gasteiger partial charge in [-0.1, -0.05) is 0 Å². The molecule has 15 heavy (non-hydrogen) atoms. The maximum absolute atomic E-state index is 13.1. The Morgan fingerprint density at radius 1 is 1.07 bits per heavy atom. The largest absolute Gasteiger partial charge is 0.438 e. The summed E-state index contributed by atoms with van der Waals surface area (Å²) in [5.74, 6) is -3.56. The Morgan fingerprint density at radius 3 is 1.73 bits per heavy atom. The minimum Gasteiger partial charge on any atom is -0.231 e. The van der Waals surface area contributed by atoms with Crippen LogP contribution < -0.4 is 0 Å². The van der Waals surface area contributed by atoms with E-state index in [1.165, 1.54) is 20.8 Å². The predicted octanol–water partition coefficient (Wildman–Crippen LogP) is 2.94. The van der Waals surface area contributed by atoms with Gasteiger partial charge < -0.3 is 0 Å². The molecule has 0 bridgehead atoms. The van der Waals surface area contributed by atoms with Gasteiger partial charge in [0.15, 0.2) is 0 Å². The molecule has 0 aliphatic rings. The highest BCUT2D eigenvalue weighted by molar-refractivity contribution is 5.10. The van der Waals surface area contributed by atoms with Crippen LogP contribution in [0.1, 0.15) is 26.5 Å². The fourth-order valence-corrected chi connectivity index (χ4v) is 1.00. The van der Waals surface area contributed by atoms with E-state index in [1.54, 1.807) is 0 Å². The Bertz CT molecular complexity index is 337. The number of rotatable bonds is 0. The Balaban J connectivity index is 3.38. The van der Waals surface area contributed by atoms with Gasteiger partial charge in [-0.2, -0.15) is 27.1 Å². The van der Waals surface area contributed by atoms with E-state index in [0.29, 0.717) is 4.68 Å². The van der Waals surface area contributed by atoms with Crippen molar-refractivity contribution < 1.29 is 22.0 Å². The van der Waals surface area contributed by atoms with Crippen LogP contribution in [-0.2, 0) is 11.7 Å². The third-order valence-corrected chi connectivity index (χ3v) is 1.68. The van der Waals surface area contributed by atoms with Crippen molar-refractivity contribution in [1.82, 2.24) is 9.78 Å². The molecule has 0 saturated carbocycles. The molecule has 0 radical (unpaired) electrons. The lowest BCUT2D eigenvalue weighted by atomic mass is 10.1. The van der Waals surface area contributed by atoms with Crippen molar-refractivity contribution in [1.29, 1.82) is 0 Å². The highest BCUT2D eigenvalue weighted by Crippen LogP contribution is 2.32. The summed E-state index contributed by atoms with van der Waals surface area (Å²) in [5, 5.41) is 2.89. The normalized spacial score (nSPS) is 13.3. The number of aromatic nitrogens is 2. The van der Waals surface area contributed by atoms with Crippen LogP contribution >= 0.6 is 0 Å². The Hall–Kier alpha value is -1.14. The minimum atomic E-state index is -4.98. The zero-order valence-electron chi connectivity index (χ0n) is 8.28. The summed E-state index contributed by atoms with van der Waals surface area (Å²) in [7, 11) is 0. The van der Waals surface area contributed by atoms with Gasteiger partial charge in [0.05, 0.1) is 5.54 Å². The molecule has 0 N–H and O–H groups in total. The van der Waals surface area contributed by atoms with E-state index in [4.69, 9.17) is 0 Å². The topological polar surface area (TPSA) is 17.8 Å². The van der Waals surface area contributed by atoms with Gasteiger partial charge in [-0.25, -0.2) is 4.68 Å². The van der Waals surface area contributed by atoms with Crippen molar-refractivity contribution in [2.45, 2.75) is 32.5 Å². The van der Waals surface area contributed by atoms with Crippen molar-refractivity contribution in [2.75, 3.05) is 0 Å². The molecule has 1 heterocycles. The smallest absolute Gasteiger partial charge is 0.231 e. The van der Waals surface area contributed by atoms with Gasteiger partial charge in [-0.3, -0.25) is 0 Å². The molecule has 0 spiro atoms. The lowest BCUT2D eigenvalue weighted by Gasteiger charge is -2.19. The average Bonchev–Trinajstić information content (AvgIpc) is 2.26. The first kappa shape index (κ1) is 11.9. The fraction of sp³-hybridized carbons (Fsp3) is 0.625. The van der Waals surface area contributed by atoms with Crippen LogP contribution in [0.2, 0.25) is 0 Å². The van der Waals surface area contributed by atoms with Gasteiger partial charge in [0.25, 0.3) is 0 Å². The van der Waals surface area contributed by atoms with E-state index in [1.807, 2.05) is 0 Å². The second-order valence-electron chi connectivity index (χ2n) is 4.03. The van der Waals surface area contributed by atoms with E-state index < -0.39 is 29.2 Å². The molecule has 7 heteroatoms. The van der Waals surface area contributed by atoms with E-state index >= 15 is 0 Å². The molecule has 1 aromatic rings. The van der Waals surface area contributed by atoms with E-state index in [0.717, 1.165) is 0 Å². The van der Waals surface area contributed by atoms with Gasteiger partial charge in [0.1, 0.15) is 0 Å². The maximum atomic E-state index is 13.1. The molecule has 0 aliphatic carbocycles. The van der Waals surface area contributed by atoms with Crippen LogP contribution in [0, 0.1) is 11.8 Å². The number of halogens is 5. The van der Waals surface area contributed by atoms with E-state index in [9.17, 15) is 22.0 Å². The summed E-state index contributed by atoms with van der Waals surface area (Å²) in [6.45, 7) is 4.26. The summed E-state index contributed by atoms with van der Waals surface area (Å²) < 4.78 is 62.8. The SMILES string of the molecule is CC(C)(C)n1nc(C(F)(F)F)c(F)c1F. The van der Waals surface area contributed by atoms with Crippen molar-refractivity contribution >= 4 is 0 Å². The molecule has 0 amide bonds. The van der Waals surface area contributed by atoms with Crippen LogP contribution in [0.4, 0.5) is 22.0 Å². The van der Waals surface area contributed by atoms with Crippen molar-refractivity contribution in [3.63, 3.8) is 0 Å². The number of hydrogen-bond acceptors (Lipinski definition) is 1. The van der Waals surface area contributed by atoms with Crippen LogP contribution in [0.25, 0.3) is 0 Å². The van der Waals surface area contributed by atoms with Crippen molar-refractivity contribution in [2.24, 2.45) is 0 Å². The Morgan fingerprint density at radius 2 is 1.53 bits per heavy atom. The predicted molar refractivity (Wildman–Crippen MR) is 42.1 cm³/mol. The molecule has 0 saturated heterocycles. The number of alkyl halides is 3. The van der Waals surface area contributed by atoms with Crippen molar-refractivity contribution in [3.05, 3.63) is 17.5 Å². The minimum absolute atomic E-state index is 0.380. The Labute approximate surface area is 82.7 Å². The standard InChI is InChI=1S/C8H9F5N2/c1-7(2,3)15-6(10)4(9)5(14-15)8(11,12)13/h1-3H3. The van der Waals surface area contributed by atoms with Crippen LogP contribution in [-0.4, -0.2) is 9.78 Å². The third-order valence-electron chi connectivity index (χ3n) is 1.68. The zero-order valence-corrected chi connectivity index (χ0v) is 8.28. The van der Waals surface area contributed by atoms with Gasteiger partial charge in [0.2, 0.25) is 17.5 Å². The zero-order chi connectivity index (χ0) is 12.0.